The van der Waals surface area contributed by atoms with E-state index >= 15 is 0 Å². The third-order valence-corrected chi connectivity index (χ3v) is 0. The molecule has 5 heavy (non-hydrogen) atoms. The molecule has 0 aromatic carbocycles. The molecule has 0 heterocycles. The third kappa shape index (κ3) is 20.1. The fraction of sp³-hybridized carbons (Fsp3) is 0. The SMILES string of the molecule is [Cl][Bi]([Cl])[Cl].[Na]. The molecule has 0 unspecified atom stereocenters. The molecule has 0 rings (SSSR count). The Morgan fingerprint density at radius 1 is 1.00 bits per heavy atom. The molecule has 0 fully saturated rings. The number of hydrogen-bond donors (Lipinski definition) is 0. The van der Waals surface area contributed by atoms with Crippen molar-refractivity contribution < 1.29 is 0 Å². The minimum Gasteiger partial charge on any atom is 0 e. The van der Waals surface area contributed by atoms with Crippen LogP contribution in [-0.4, -0.2) is 47.7 Å². The Morgan fingerprint density at radius 2 is 1.00 bits per heavy atom. The molecule has 0 aliphatic heterocycles. The number of hydrogen-bond acceptors (Lipinski definition) is 0. The van der Waals surface area contributed by atoms with Gasteiger partial charge in [0.05, 0.1) is 0 Å². The van der Waals surface area contributed by atoms with Gasteiger partial charge in [-0.15, -0.1) is 0 Å². The molecular formula is BiCl3Na. The Morgan fingerprint density at radius 3 is 1.00 bits per heavy atom. The Hall–Kier alpha value is 2.75. The summed E-state index contributed by atoms with van der Waals surface area (Å²) in [6.07, 6.45) is 0. The van der Waals surface area contributed by atoms with Gasteiger partial charge in [0.1, 0.15) is 0 Å². The van der Waals surface area contributed by atoms with E-state index in [0.29, 0.717) is 0 Å². The molecule has 0 aromatic heterocycles. The summed E-state index contributed by atoms with van der Waals surface area (Å²) in [7, 11) is 15.0. The molecule has 0 aliphatic carbocycles. The maximum atomic E-state index is 5.01. The largest absolute Gasteiger partial charge is 0 e. The third-order valence-electron chi connectivity index (χ3n) is 0. The van der Waals surface area contributed by atoms with E-state index in [1.165, 1.54) is 0 Å². The number of halogens is 3. The molecule has 0 atom stereocenters. The van der Waals surface area contributed by atoms with E-state index in [-0.39, 0.29) is 29.6 Å². The van der Waals surface area contributed by atoms with Crippen molar-refractivity contribution in [3.05, 3.63) is 0 Å². The second-order valence-corrected chi connectivity index (χ2v) is 15.1. The molecule has 0 aromatic rings. The molecule has 0 aliphatic rings. The Balaban J connectivity index is 0. The van der Waals surface area contributed by atoms with Gasteiger partial charge < -0.3 is 0 Å². The van der Waals surface area contributed by atoms with Gasteiger partial charge >= 0.3 is 43.7 Å². The summed E-state index contributed by atoms with van der Waals surface area (Å²) >= 11 is -2.18. The van der Waals surface area contributed by atoms with E-state index in [9.17, 15) is 0 Å². The summed E-state index contributed by atoms with van der Waals surface area (Å²) in [6, 6.07) is 0. The van der Waals surface area contributed by atoms with Crippen molar-refractivity contribution in [3.63, 3.8) is 0 Å². The molecule has 0 N–H and O–H groups in total. The van der Waals surface area contributed by atoms with Gasteiger partial charge in [-0.05, 0) is 0 Å². The topological polar surface area (TPSA) is 0 Å². The van der Waals surface area contributed by atoms with E-state index in [2.05, 4.69) is 0 Å². The van der Waals surface area contributed by atoms with Crippen molar-refractivity contribution in [1.29, 1.82) is 0 Å². The first kappa shape index (κ1) is 10.7. The summed E-state index contributed by atoms with van der Waals surface area (Å²) in [4.78, 5) is 0. The second kappa shape index (κ2) is 6.75. The van der Waals surface area contributed by atoms with Crippen molar-refractivity contribution in [2.45, 2.75) is 0 Å². The van der Waals surface area contributed by atoms with Crippen LogP contribution in [0.4, 0.5) is 0 Å². The van der Waals surface area contributed by atoms with E-state index in [1.54, 1.807) is 0 Å². The predicted octanol–water partition coefficient (Wildman–Crippen LogP) is 1.31. The first-order valence-corrected chi connectivity index (χ1v) is 13.3. The summed E-state index contributed by atoms with van der Waals surface area (Å²) in [5.41, 5.74) is 0. The predicted molar refractivity (Wildman–Crippen MR) is 29.1 cm³/mol. The van der Waals surface area contributed by atoms with Crippen LogP contribution in [-0.2, 0) is 0 Å². The van der Waals surface area contributed by atoms with Crippen LogP contribution in [0.5, 0.6) is 0 Å². The zero-order valence-corrected chi connectivity index (χ0v) is 10.3. The smallest absolute Gasteiger partial charge is 0 e. The average molecular weight is 338 g/mol. The molecular weight excluding hydrogens is 338 g/mol. The Kier molecular flexibility index (Phi) is 14.4. The maximum absolute atomic E-state index is 5.01. The molecule has 0 spiro atoms. The monoisotopic (exact) mass is 337 g/mol. The van der Waals surface area contributed by atoms with Crippen molar-refractivity contribution in [2.24, 2.45) is 0 Å². The van der Waals surface area contributed by atoms with Crippen LogP contribution in [0.15, 0.2) is 0 Å². The zero-order chi connectivity index (χ0) is 3.58. The van der Waals surface area contributed by atoms with Crippen LogP contribution in [0.1, 0.15) is 0 Å². The van der Waals surface area contributed by atoms with Crippen LogP contribution in [0.3, 0.4) is 0 Å². The van der Waals surface area contributed by atoms with Gasteiger partial charge in [-0.25, -0.2) is 0 Å². The zero-order valence-electron chi connectivity index (χ0n) is 2.58. The first-order chi connectivity index (χ1) is 1.73. The standard InChI is InChI=1S/Bi.3ClH.Na/h;3*1H;/q+3;;;;/p-3. The molecule has 1 radical (unpaired) electrons. The molecule has 0 bridgehead atoms. The van der Waals surface area contributed by atoms with Crippen molar-refractivity contribution in [3.8, 4) is 0 Å². The summed E-state index contributed by atoms with van der Waals surface area (Å²) < 4.78 is 0. The summed E-state index contributed by atoms with van der Waals surface area (Å²) in [5.74, 6) is 0. The van der Waals surface area contributed by atoms with Crippen molar-refractivity contribution in [1.82, 2.24) is 0 Å². The van der Waals surface area contributed by atoms with Gasteiger partial charge in [0.2, 0.25) is 0 Å². The first-order valence-electron chi connectivity index (χ1n) is 0.507. The maximum Gasteiger partial charge on any atom is 0 e. The fourth-order valence-corrected chi connectivity index (χ4v) is 0. The van der Waals surface area contributed by atoms with Gasteiger partial charge in [0.25, 0.3) is 0 Å². The van der Waals surface area contributed by atoms with E-state index < -0.39 is 18.2 Å². The molecule has 0 saturated carbocycles. The molecule has 5 heteroatoms. The quantitative estimate of drug-likeness (QED) is 0.584. The average Bonchev–Trinajstić information content (AvgIpc) is 0.811. The summed E-state index contributed by atoms with van der Waals surface area (Å²) in [5, 5.41) is 0. The Labute approximate surface area is 71.8 Å². The van der Waals surface area contributed by atoms with Crippen molar-refractivity contribution >= 4 is 73.3 Å². The normalized spacial score (nSPS) is 7.20. The fourth-order valence-electron chi connectivity index (χ4n) is 0. The number of rotatable bonds is 0. The molecule has 0 amide bonds. The van der Waals surface area contributed by atoms with Crippen LogP contribution >= 0.6 is 25.5 Å². The van der Waals surface area contributed by atoms with Crippen LogP contribution in [0, 0.1) is 0 Å². The minimum atomic E-state index is -2.18. The Bertz CT molecular complexity index is 11.6. The van der Waals surface area contributed by atoms with E-state index in [1.807, 2.05) is 0 Å². The van der Waals surface area contributed by atoms with Crippen LogP contribution in [0.2, 0.25) is 0 Å². The van der Waals surface area contributed by atoms with Gasteiger partial charge in [-0.1, -0.05) is 0 Å². The van der Waals surface area contributed by atoms with Gasteiger partial charge in [-0.2, -0.15) is 0 Å². The molecule has 27 valence electrons. The van der Waals surface area contributed by atoms with E-state index in [4.69, 9.17) is 25.5 Å². The van der Waals surface area contributed by atoms with E-state index in [0.717, 1.165) is 0 Å². The molecule has 0 saturated heterocycles. The van der Waals surface area contributed by atoms with Crippen LogP contribution < -0.4 is 0 Å². The van der Waals surface area contributed by atoms with Gasteiger partial charge in [-0.3, -0.25) is 0 Å². The van der Waals surface area contributed by atoms with Gasteiger partial charge in [0.15, 0.2) is 0 Å². The summed E-state index contributed by atoms with van der Waals surface area (Å²) in [6.45, 7) is 0. The minimum absolute atomic E-state index is 0. The van der Waals surface area contributed by atoms with Crippen LogP contribution in [0.25, 0.3) is 0 Å². The second-order valence-electron chi connectivity index (χ2n) is 0.192. The van der Waals surface area contributed by atoms with Gasteiger partial charge in [0, 0.05) is 29.6 Å². The van der Waals surface area contributed by atoms with Crippen molar-refractivity contribution in [2.75, 3.05) is 0 Å². The molecule has 0 nitrogen and oxygen atoms in total.